The number of ether oxygens (including phenoxy) is 1. The van der Waals surface area contributed by atoms with Crippen molar-refractivity contribution >= 4 is 10.0 Å². The van der Waals surface area contributed by atoms with Crippen molar-refractivity contribution in [2.75, 3.05) is 6.61 Å². The number of nitrogens with one attached hydrogen (secondary N) is 1. The van der Waals surface area contributed by atoms with Gasteiger partial charge in [-0.1, -0.05) is 12.1 Å². The van der Waals surface area contributed by atoms with E-state index in [1.165, 1.54) is 0 Å². The van der Waals surface area contributed by atoms with E-state index in [1.807, 2.05) is 6.92 Å². The molecule has 0 bridgehead atoms. The highest BCUT2D eigenvalue weighted by Crippen LogP contribution is 2.22. The van der Waals surface area contributed by atoms with Crippen LogP contribution in [0.5, 0.6) is 5.75 Å². The van der Waals surface area contributed by atoms with Crippen LogP contribution < -0.4 is 9.46 Å². The van der Waals surface area contributed by atoms with Gasteiger partial charge >= 0.3 is 0 Å². The lowest BCUT2D eigenvalue weighted by Crippen LogP contribution is -2.27. The van der Waals surface area contributed by atoms with E-state index in [0.717, 1.165) is 12.1 Å². The number of rotatable bonds is 6. The molecule has 0 fully saturated rings. The van der Waals surface area contributed by atoms with E-state index < -0.39 is 32.6 Å². The lowest BCUT2D eigenvalue weighted by Gasteiger charge is -2.16. The molecule has 0 saturated heterocycles. The lowest BCUT2D eigenvalue weighted by molar-refractivity contribution is 0.339. The van der Waals surface area contributed by atoms with Crippen molar-refractivity contribution in [2.45, 2.75) is 24.8 Å². The van der Waals surface area contributed by atoms with Crippen LogP contribution in [0.2, 0.25) is 0 Å². The summed E-state index contributed by atoms with van der Waals surface area (Å²) in [7, 11) is -4.11. The Bertz CT molecular complexity index is 794. The highest BCUT2D eigenvalue weighted by Gasteiger charge is 2.22. The van der Waals surface area contributed by atoms with Crippen LogP contribution >= 0.6 is 0 Å². The molecule has 7 heteroatoms. The second-order valence-electron chi connectivity index (χ2n) is 4.92. The van der Waals surface area contributed by atoms with E-state index in [-0.39, 0.29) is 0 Å². The molecule has 0 aliphatic heterocycles. The van der Waals surface area contributed by atoms with Crippen LogP contribution in [0.4, 0.5) is 8.78 Å². The van der Waals surface area contributed by atoms with Gasteiger partial charge < -0.3 is 4.74 Å². The van der Waals surface area contributed by atoms with Crippen molar-refractivity contribution in [2.24, 2.45) is 0 Å². The van der Waals surface area contributed by atoms with E-state index >= 15 is 0 Å². The maximum Gasteiger partial charge on any atom is 0.244 e. The van der Waals surface area contributed by atoms with Gasteiger partial charge in [-0.2, -0.15) is 0 Å². The Hall–Kier alpha value is -1.99. The average Bonchev–Trinajstić information content (AvgIpc) is 2.47. The normalized spacial score (nSPS) is 12.9. The van der Waals surface area contributed by atoms with Crippen molar-refractivity contribution in [3.8, 4) is 5.75 Å². The van der Waals surface area contributed by atoms with Crippen molar-refractivity contribution in [1.82, 2.24) is 4.72 Å². The summed E-state index contributed by atoms with van der Waals surface area (Å²) < 4.78 is 58.8. The van der Waals surface area contributed by atoms with E-state index in [2.05, 4.69) is 4.72 Å². The number of halogens is 2. The number of hydrogen-bond acceptors (Lipinski definition) is 3. The van der Waals surface area contributed by atoms with Crippen LogP contribution in [0.1, 0.15) is 25.5 Å². The number of benzene rings is 2. The summed E-state index contributed by atoms with van der Waals surface area (Å²) in [5.74, 6) is -1.35. The highest BCUT2D eigenvalue weighted by molar-refractivity contribution is 7.89. The molecule has 2 aromatic rings. The van der Waals surface area contributed by atoms with Crippen LogP contribution in [0.15, 0.2) is 47.4 Å². The Labute approximate surface area is 134 Å². The Morgan fingerprint density at radius 3 is 2.57 bits per heavy atom. The van der Waals surface area contributed by atoms with E-state index in [9.17, 15) is 17.2 Å². The fourth-order valence-electron chi connectivity index (χ4n) is 2.10. The van der Waals surface area contributed by atoms with Gasteiger partial charge in [-0.05, 0) is 43.7 Å². The van der Waals surface area contributed by atoms with Gasteiger partial charge in [-0.3, -0.25) is 0 Å². The van der Waals surface area contributed by atoms with Gasteiger partial charge in [0.05, 0.1) is 6.61 Å². The molecule has 1 N–H and O–H groups in total. The second-order valence-corrected chi connectivity index (χ2v) is 6.61. The fraction of sp³-hybridized carbons (Fsp3) is 0.250. The average molecular weight is 341 g/mol. The van der Waals surface area contributed by atoms with Gasteiger partial charge in [0.2, 0.25) is 10.0 Å². The molecule has 23 heavy (non-hydrogen) atoms. The molecular formula is C16H17F2NO3S. The Morgan fingerprint density at radius 2 is 1.91 bits per heavy atom. The molecule has 4 nitrogen and oxygen atoms in total. The minimum atomic E-state index is -4.11. The van der Waals surface area contributed by atoms with Crippen LogP contribution in [0, 0.1) is 11.6 Å². The molecular weight excluding hydrogens is 324 g/mol. The Kier molecular flexibility index (Phi) is 5.33. The Morgan fingerprint density at radius 1 is 1.17 bits per heavy atom. The van der Waals surface area contributed by atoms with E-state index in [4.69, 9.17) is 4.74 Å². The summed E-state index contributed by atoms with van der Waals surface area (Å²) in [5.41, 5.74) is 0.669. The minimum absolute atomic E-state index is 0.490. The zero-order valence-electron chi connectivity index (χ0n) is 12.7. The monoisotopic (exact) mass is 341 g/mol. The zero-order valence-corrected chi connectivity index (χ0v) is 13.5. The Balaban J connectivity index is 2.24. The first kappa shape index (κ1) is 17.4. The third-order valence-corrected chi connectivity index (χ3v) is 4.76. The van der Waals surface area contributed by atoms with Crippen LogP contribution in [0.3, 0.4) is 0 Å². The molecule has 0 aliphatic rings. The van der Waals surface area contributed by atoms with Crippen molar-refractivity contribution in [3.63, 3.8) is 0 Å². The minimum Gasteiger partial charge on any atom is -0.494 e. The van der Waals surface area contributed by atoms with Gasteiger partial charge in [-0.25, -0.2) is 21.9 Å². The highest BCUT2D eigenvalue weighted by atomic mass is 32.2. The molecule has 0 aliphatic carbocycles. The lowest BCUT2D eigenvalue weighted by atomic mass is 10.1. The summed E-state index contributed by atoms with van der Waals surface area (Å²) in [5, 5.41) is 0. The van der Waals surface area contributed by atoms with Gasteiger partial charge in [-0.15, -0.1) is 0 Å². The van der Waals surface area contributed by atoms with E-state index in [1.54, 1.807) is 31.2 Å². The predicted octanol–water partition coefficient (Wildman–Crippen LogP) is 3.40. The molecule has 124 valence electrons. The maximum atomic E-state index is 13.7. The van der Waals surface area contributed by atoms with Crippen molar-refractivity contribution < 1.29 is 21.9 Å². The van der Waals surface area contributed by atoms with Crippen LogP contribution in [0.25, 0.3) is 0 Å². The predicted molar refractivity (Wildman–Crippen MR) is 82.7 cm³/mol. The van der Waals surface area contributed by atoms with Gasteiger partial charge in [0.15, 0.2) is 0 Å². The van der Waals surface area contributed by atoms with Crippen LogP contribution in [-0.2, 0) is 10.0 Å². The second kappa shape index (κ2) is 7.06. The molecule has 1 unspecified atom stereocenters. The summed E-state index contributed by atoms with van der Waals surface area (Å²) in [6, 6.07) is 8.67. The maximum absolute atomic E-state index is 13.7. The molecule has 2 rings (SSSR count). The van der Waals surface area contributed by atoms with Crippen molar-refractivity contribution in [1.29, 1.82) is 0 Å². The largest absolute Gasteiger partial charge is 0.494 e. The molecule has 2 aromatic carbocycles. The summed E-state index contributed by atoms with van der Waals surface area (Å²) >= 11 is 0. The first-order valence-corrected chi connectivity index (χ1v) is 8.52. The zero-order chi connectivity index (χ0) is 17.0. The van der Waals surface area contributed by atoms with Gasteiger partial charge in [0.25, 0.3) is 0 Å². The smallest absolute Gasteiger partial charge is 0.244 e. The molecule has 0 aromatic heterocycles. The molecule has 1 atom stereocenters. The third kappa shape index (κ3) is 4.27. The first-order valence-electron chi connectivity index (χ1n) is 7.03. The van der Waals surface area contributed by atoms with Crippen LogP contribution in [-0.4, -0.2) is 15.0 Å². The molecule has 0 spiro atoms. The fourth-order valence-corrected chi connectivity index (χ4v) is 3.39. The third-order valence-electron chi connectivity index (χ3n) is 3.18. The van der Waals surface area contributed by atoms with E-state index in [0.29, 0.717) is 24.0 Å². The quantitative estimate of drug-likeness (QED) is 0.876. The van der Waals surface area contributed by atoms with Gasteiger partial charge in [0, 0.05) is 12.1 Å². The number of hydrogen-bond donors (Lipinski definition) is 1. The molecule has 0 amide bonds. The number of sulfonamides is 1. The summed E-state index contributed by atoms with van der Waals surface area (Å²) in [6.07, 6.45) is 0. The molecule has 0 heterocycles. The SMILES string of the molecule is CCOc1cccc(C(C)NS(=O)(=O)c2ccc(F)cc2F)c1. The summed E-state index contributed by atoms with van der Waals surface area (Å²) in [6.45, 7) is 3.96. The van der Waals surface area contributed by atoms with Gasteiger partial charge in [0.1, 0.15) is 22.3 Å². The topological polar surface area (TPSA) is 55.4 Å². The standard InChI is InChI=1S/C16H17F2NO3S/c1-3-22-14-6-4-5-12(9-14)11(2)19-23(20,21)16-8-7-13(17)10-15(16)18/h4-11,19H,3H2,1-2H3. The van der Waals surface area contributed by atoms with Crippen molar-refractivity contribution in [3.05, 3.63) is 59.7 Å². The molecule has 0 radical (unpaired) electrons. The molecule has 0 saturated carbocycles. The first-order chi connectivity index (χ1) is 10.8. The summed E-state index contributed by atoms with van der Waals surface area (Å²) in [4.78, 5) is -0.591.